The van der Waals surface area contributed by atoms with Crippen molar-refractivity contribution >= 4 is 34.8 Å². The van der Waals surface area contributed by atoms with Gasteiger partial charge in [-0.2, -0.15) is 0 Å². The van der Waals surface area contributed by atoms with Crippen LogP contribution in [0.1, 0.15) is 24.8 Å². The zero-order valence-corrected chi connectivity index (χ0v) is 15.8. The maximum Gasteiger partial charge on any atom is 0.224 e. The van der Waals surface area contributed by atoms with Crippen molar-refractivity contribution < 1.29 is 19.1 Å². The molecule has 0 unspecified atom stereocenters. The molecular formula is C20H21ClN2O4. The second-order valence-electron chi connectivity index (χ2n) is 6.21. The Hall–Kier alpha value is -2.73. The van der Waals surface area contributed by atoms with E-state index in [1.165, 1.54) is 7.11 Å². The van der Waals surface area contributed by atoms with Gasteiger partial charge in [-0.1, -0.05) is 11.6 Å². The predicted octanol–water partition coefficient (Wildman–Crippen LogP) is 4.03. The summed E-state index contributed by atoms with van der Waals surface area (Å²) in [5.74, 6) is 1.21. The van der Waals surface area contributed by atoms with Gasteiger partial charge in [0, 0.05) is 23.6 Å². The number of anilines is 2. The molecule has 2 aromatic carbocycles. The molecule has 0 bridgehead atoms. The van der Waals surface area contributed by atoms with Crippen molar-refractivity contribution in [1.82, 2.24) is 0 Å². The van der Waals surface area contributed by atoms with E-state index < -0.39 is 0 Å². The van der Waals surface area contributed by atoms with Gasteiger partial charge in [0.2, 0.25) is 11.8 Å². The summed E-state index contributed by atoms with van der Waals surface area (Å²) in [4.78, 5) is 23.5. The normalized spacial score (nSPS) is 12.7. The van der Waals surface area contributed by atoms with E-state index in [2.05, 4.69) is 10.6 Å². The minimum absolute atomic E-state index is 0.0403. The van der Waals surface area contributed by atoms with E-state index in [1.54, 1.807) is 18.2 Å². The number of benzene rings is 2. The number of hydrogen-bond donors (Lipinski definition) is 2. The zero-order valence-electron chi connectivity index (χ0n) is 15.0. The molecule has 1 aliphatic rings. The molecule has 6 nitrogen and oxygen atoms in total. The highest BCUT2D eigenvalue weighted by molar-refractivity contribution is 6.31. The van der Waals surface area contributed by atoms with Gasteiger partial charge in [0.25, 0.3) is 0 Å². The van der Waals surface area contributed by atoms with Crippen molar-refractivity contribution in [1.29, 1.82) is 0 Å². The smallest absolute Gasteiger partial charge is 0.224 e. The topological polar surface area (TPSA) is 76.7 Å². The van der Waals surface area contributed by atoms with Crippen LogP contribution in [-0.4, -0.2) is 25.5 Å². The van der Waals surface area contributed by atoms with Crippen LogP contribution in [0, 0.1) is 0 Å². The summed E-state index contributed by atoms with van der Waals surface area (Å²) < 4.78 is 10.9. The maximum atomic E-state index is 12.1. The molecule has 1 aliphatic heterocycles. The summed E-state index contributed by atoms with van der Waals surface area (Å²) in [6.07, 6.45) is 2.09. The first-order valence-corrected chi connectivity index (χ1v) is 9.12. The fourth-order valence-corrected chi connectivity index (χ4v) is 3.03. The van der Waals surface area contributed by atoms with Crippen molar-refractivity contribution in [2.75, 3.05) is 24.4 Å². The van der Waals surface area contributed by atoms with E-state index in [1.807, 2.05) is 18.2 Å². The van der Waals surface area contributed by atoms with Gasteiger partial charge in [-0.05, 0) is 54.8 Å². The van der Waals surface area contributed by atoms with Crippen LogP contribution in [-0.2, 0) is 16.0 Å². The Morgan fingerprint density at radius 1 is 1.22 bits per heavy atom. The molecule has 0 saturated carbocycles. The van der Waals surface area contributed by atoms with Crippen molar-refractivity contribution in [3.05, 3.63) is 47.0 Å². The number of rotatable bonds is 7. The summed E-state index contributed by atoms with van der Waals surface area (Å²) in [7, 11) is 1.54. The van der Waals surface area contributed by atoms with E-state index in [4.69, 9.17) is 21.1 Å². The number of fused-ring (bicyclic) bond motifs is 1. The Bertz CT molecular complexity index is 854. The second kappa shape index (κ2) is 8.77. The first-order valence-electron chi connectivity index (χ1n) is 8.74. The van der Waals surface area contributed by atoms with Crippen LogP contribution < -0.4 is 20.1 Å². The van der Waals surface area contributed by atoms with E-state index in [-0.39, 0.29) is 11.8 Å². The van der Waals surface area contributed by atoms with E-state index in [9.17, 15) is 9.59 Å². The minimum atomic E-state index is -0.132. The molecule has 0 spiro atoms. The largest absolute Gasteiger partial charge is 0.495 e. The number of halogens is 1. The maximum absolute atomic E-state index is 12.1. The Kier molecular flexibility index (Phi) is 6.19. The summed E-state index contributed by atoms with van der Waals surface area (Å²) in [5.41, 5.74) is 2.46. The van der Waals surface area contributed by atoms with Gasteiger partial charge >= 0.3 is 0 Å². The molecule has 0 saturated heterocycles. The first kappa shape index (κ1) is 19.0. The van der Waals surface area contributed by atoms with Crippen LogP contribution in [0.15, 0.2) is 36.4 Å². The molecule has 142 valence electrons. The molecule has 3 rings (SSSR count). The number of nitrogens with one attached hydrogen (secondary N) is 2. The Balaban J connectivity index is 1.46. The molecule has 0 fully saturated rings. The molecule has 1 heterocycles. The lowest BCUT2D eigenvalue weighted by atomic mass is 10.0. The molecule has 2 aromatic rings. The Morgan fingerprint density at radius 2 is 2.07 bits per heavy atom. The Labute approximate surface area is 162 Å². The number of carbonyl (C=O) groups is 2. The minimum Gasteiger partial charge on any atom is -0.495 e. The van der Waals surface area contributed by atoms with Crippen molar-refractivity contribution in [2.45, 2.75) is 25.7 Å². The van der Waals surface area contributed by atoms with Gasteiger partial charge in [-0.15, -0.1) is 0 Å². The monoisotopic (exact) mass is 388 g/mol. The Morgan fingerprint density at radius 3 is 2.89 bits per heavy atom. The molecule has 0 atom stereocenters. The van der Waals surface area contributed by atoms with Gasteiger partial charge in [0.05, 0.1) is 19.4 Å². The van der Waals surface area contributed by atoms with Crippen LogP contribution in [0.5, 0.6) is 11.5 Å². The average molecular weight is 389 g/mol. The molecule has 7 heteroatoms. The highest BCUT2D eigenvalue weighted by Crippen LogP contribution is 2.28. The lowest BCUT2D eigenvalue weighted by Crippen LogP contribution is -2.18. The van der Waals surface area contributed by atoms with Crippen molar-refractivity contribution in [3.63, 3.8) is 0 Å². The van der Waals surface area contributed by atoms with Gasteiger partial charge in [-0.3, -0.25) is 9.59 Å². The third kappa shape index (κ3) is 5.14. The molecule has 2 N–H and O–H groups in total. The van der Waals surface area contributed by atoms with Gasteiger partial charge < -0.3 is 20.1 Å². The zero-order chi connectivity index (χ0) is 19.2. The molecule has 0 aromatic heterocycles. The number of hydrogen-bond acceptors (Lipinski definition) is 4. The number of methoxy groups -OCH3 is 1. The fourth-order valence-electron chi connectivity index (χ4n) is 2.86. The van der Waals surface area contributed by atoms with Crippen molar-refractivity contribution in [3.8, 4) is 11.5 Å². The predicted molar refractivity (Wildman–Crippen MR) is 105 cm³/mol. The van der Waals surface area contributed by atoms with Crippen LogP contribution in [0.3, 0.4) is 0 Å². The van der Waals surface area contributed by atoms with E-state index in [0.29, 0.717) is 48.7 Å². The highest BCUT2D eigenvalue weighted by atomic mass is 35.5. The number of amides is 2. The summed E-state index contributed by atoms with van der Waals surface area (Å²) >= 11 is 5.96. The SMILES string of the molecule is COc1ccc(Cl)cc1NC(=O)CCCOc1ccc2c(c1)CCC(=O)N2. The summed E-state index contributed by atoms with van der Waals surface area (Å²) in [6, 6.07) is 10.7. The second-order valence-corrected chi connectivity index (χ2v) is 6.65. The first-order chi connectivity index (χ1) is 13.0. The van der Waals surface area contributed by atoms with Gasteiger partial charge in [0.15, 0.2) is 0 Å². The summed E-state index contributed by atoms with van der Waals surface area (Å²) in [6.45, 7) is 0.422. The average Bonchev–Trinajstić information content (AvgIpc) is 2.65. The van der Waals surface area contributed by atoms with Crippen LogP contribution in [0.2, 0.25) is 5.02 Å². The molecule has 0 aliphatic carbocycles. The van der Waals surface area contributed by atoms with Gasteiger partial charge in [0.1, 0.15) is 11.5 Å². The van der Waals surface area contributed by atoms with Crippen LogP contribution in [0.4, 0.5) is 11.4 Å². The third-order valence-corrected chi connectivity index (χ3v) is 4.46. The molecule has 2 amide bonds. The molecule has 0 radical (unpaired) electrons. The standard InChI is InChI=1S/C20H21ClN2O4/c1-26-18-8-5-14(21)12-17(18)23-19(24)3-2-10-27-15-6-7-16-13(11-15)4-9-20(25)22-16/h5-8,11-12H,2-4,9-10H2,1H3,(H,22,25)(H,23,24). The van der Waals surface area contributed by atoms with Crippen molar-refractivity contribution in [2.24, 2.45) is 0 Å². The highest BCUT2D eigenvalue weighted by Gasteiger charge is 2.15. The lowest BCUT2D eigenvalue weighted by Gasteiger charge is -2.17. The lowest BCUT2D eigenvalue weighted by molar-refractivity contribution is -0.117. The van der Waals surface area contributed by atoms with Crippen LogP contribution >= 0.6 is 11.6 Å². The number of ether oxygens (including phenoxy) is 2. The molecule has 27 heavy (non-hydrogen) atoms. The third-order valence-electron chi connectivity index (χ3n) is 4.22. The van der Waals surface area contributed by atoms with E-state index in [0.717, 1.165) is 17.0 Å². The number of carbonyl (C=O) groups excluding carboxylic acids is 2. The van der Waals surface area contributed by atoms with E-state index >= 15 is 0 Å². The number of aryl methyl sites for hydroxylation is 1. The molecular weight excluding hydrogens is 368 g/mol. The summed E-state index contributed by atoms with van der Waals surface area (Å²) in [5, 5.41) is 6.17. The van der Waals surface area contributed by atoms with Crippen LogP contribution in [0.25, 0.3) is 0 Å². The van der Waals surface area contributed by atoms with Gasteiger partial charge in [-0.25, -0.2) is 0 Å². The fraction of sp³-hybridized carbons (Fsp3) is 0.300. The quantitative estimate of drug-likeness (QED) is 0.702.